The molecule has 8 heteroatoms. The van der Waals surface area contributed by atoms with Crippen LogP contribution in [0.3, 0.4) is 0 Å². The van der Waals surface area contributed by atoms with E-state index in [4.69, 9.17) is 0 Å². The number of carbonyl (C=O) groups excluding carboxylic acids is 2. The quantitative estimate of drug-likeness (QED) is 0.508. The second-order valence-corrected chi connectivity index (χ2v) is 12.5. The van der Waals surface area contributed by atoms with Crippen molar-refractivity contribution in [2.24, 2.45) is 0 Å². The van der Waals surface area contributed by atoms with Gasteiger partial charge < -0.3 is 10.2 Å². The minimum Gasteiger partial charge on any atom is -0.352 e. The van der Waals surface area contributed by atoms with Gasteiger partial charge in [0.15, 0.2) is 0 Å². The van der Waals surface area contributed by atoms with Crippen LogP contribution in [0.2, 0.25) is 0 Å². The Morgan fingerprint density at radius 2 is 1.64 bits per heavy atom. The van der Waals surface area contributed by atoms with E-state index in [0.717, 1.165) is 33.7 Å². The summed E-state index contributed by atoms with van der Waals surface area (Å²) in [6, 6.07) is 14.1. The van der Waals surface area contributed by atoms with Crippen LogP contribution in [-0.2, 0) is 31.6 Å². The number of carbonyl (C=O) groups is 2. The lowest BCUT2D eigenvalue weighted by Gasteiger charge is -2.32. The van der Waals surface area contributed by atoms with Gasteiger partial charge >= 0.3 is 0 Å². The summed E-state index contributed by atoms with van der Waals surface area (Å²) in [7, 11) is -3.76. The number of hydrogen-bond donors (Lipinski definition) is 1. The predicted octanol–water partition coefficient (Wildman–Crippen LogP) is 4.39. The first-order valence-electron chi connectivity index (χ1n) is 12.4. The molecule has 2 rings (SSSR count). The number of hydrogen-bond acceptors (Lipinski definition) is 4. The van der Waals surface area contributed by atoms with Crippen molar-refractivity contribution in [3.05, 3.63) is 65.2 Å². The molecular formula is C28H41N3O4S. The Bertz CT molecular complexity index is 1150. The second-order valence-electron chi connectivity index (χ2n) is 10.6. The van der Waals surface area contributed by atoms with Crippen molar-refractivity contribution in [2.45, 2.75) is 78.9 Å². The van der Waals surface area contributed by atoms with Crippen LogP contribution in [0.5, 0.6) is 0 Å². The van der Waals surface area contributed by atoms with Crippen LogP contribution < -0.4 is 9.62 Å². The fourth-order valence-electron chi connectivity index (χ4n) is 3.80. The van der Waals surface area contributed by atoms with Gasteiger partial charge in [0.25, 0.3) is 0 Å². The molecule has 2 aromatic rings. The third-order valence-corrected chi connectivity index (χ3v) is 7.44. The molecule has 0 aliphatic rings. The summed E-state index contributed by atoms with van der Waals surface area (Å²) in [4.78, 5) is 28.0. The third-order valence-electron chi connectivity index (χ3n) is 6.30. The van der Waals surface area contributed by atoms with Crippen LogP contribution in [0.4, 0.5) is 5.69 Å². The summed E-state index contributed by atoms with van der Waals surface area (Å²) in [6.45, 7) is 13.5. The van der Waals surface area contributed by atoms with Crippen LogP contribution >= 0.6 is 0 Å². The lowest BCUT2D eigenvalue weighted by Crippen LogP contribution is -2.52. The molecule has 0 saturated carbocycles. The molecular weight excluding hydrogens is 474 g/mol. The molecule has 7 nitrogen and oxygen atoms in total. The van der Waals surface area contributed by atoms with Gasteiger partial charge in [-0.25, -0.2) is 8.42 Å². The maximum absolute atomic E-state index is 13.6. The lowest BCUT2D eigenvalue weighted by molar-refractivity contribution is -0.139. The third kappa shape index (κ3) is 8.08. The highest BCUT2D eigenvalue weighted by Gasteiger charge is 2.30. The fraction of sp³-hybridized carbons (Fsp3) is 0.500. The Morgan fingerprint density at radius 1 is 1.03 bits per heavy atom. The summed E-state index contributed by atoms with van der Waals surface area (Å²) in [5, 5.41) is 2.93. The Morgan fingerprint density at radius 3 is 2.14 bits per heavy atom. The maximum atomic E-state index is 13.6. The van der Waals surface area contributed by atoms with Crippen molar-refractivity contribution in [3.8, 4) is 0 Å². The van der Waals surface area contributed by atoms with E-state index in [0.29, 0.717) is 5.69 Å². The highest BCUT2D eigenvalue weighted by molar-refractivity contribution is 7.92. The lowest BCUT2D eigenvalue weighted by atomic mass is 9.87. The average Bonchev–Trinajstić information content (AvgIpc) is 2.79. The molecule has 1 N–H and O–H groups in total. The number of rotatable bonds is 10. The molecule has 0 spiro atoms. The molecule has 0 aromatic heterocycles. The SMILES string of the molecule is CC[C@@H](C)NC(=O)[C@@H](C)N(Cc1cccc(C)c1)C(=O)CN(c1ccc(C(C)(C)C)cc1)S(C)(=O)=O. The first-order chi connectivity index (χ1) is 16.6. The van der Waals surface area contributed by atoms with Gasteiger partial charge in [-0.15, -0.1) is 0 Å². The first-order valence-corrected chi connectivity index (χ1v) is 14.2. The van der Waals surface area contributed by atoms with Gasteiger partial charge in [-0.2, -0.15) is 0 Å². The fourth-order valence-corrected chi connectivity index (χ4v) is 4.65. The van der Waals surface area contributed by atoms with Crippen molar-refractivity contribution in [1.82, 2.24) is 10.2 Å². The molecule has 36 heavy (non-hydrogen) atoms. The topological polar surface area (TPSA) is 86.8 Å². The number of nitrogens with one attached hydrogen (secondary N) is 1. The number of sulfonamides is 1. The normalized spacial score (nSPS) is 13.6. The molecule has 0 saturated heterocycles. The molecule has 2 amide bonds. The zero-order valence-corrected chi connectivity index (χ0v) is 23.6. The molecule has 2 aromatic carbocycles. The van der Waals surface area contributed by atoms with E-state index in [1.165, 1.54) is 4.90 Å². The molecule has 0 unspecified atom stereocenters. The van der Waals surface area contributed by atoms with Crippen LogP contribution in [0.1, 0.15) is 64.7 Å². The predicted molar refractivity (Wildman–Crippen MR) is 146 cm³/mol. The van der Waals surface area contributed by atoms with Crippen LogP contribution in [0.25, 0.3) is 0 Å². The molecule has 0 fully saturated rings. The largest absolute Gasteiger partial charge is 0.352 e. The molecule has 0 aliphatic carbocycles. The molecule has 0 bridgehead atoms. The summed E-state index contributed by atoms with van der Waals surface area (Å²) in [5.74, 6) is -0.723. The number of nitrogens with zero attached hydrogens (tertiary/aromatic N) is 2. The van der Waals surface area contributed by atoms with E-state index in [1.54, 1.807) is 19.1 Å². The Balaban J connectivity index is 2.40. The van der Waals surface area contributed by atoms with Gasteiger partial charge in [0, 0.05) is 12.6 Å². The van der Waals surface area contributed by atoms with E-state index in [9.17, 15) is 18.0 Å². The zero-order chi connectivity index (χ0) is 27.3. The summed E-state index contributed by atoms with van der Waals surface area (Å²) in [5.41, 5.74) is 3.28. The van der Waals surface area contributed by atoms with Gasteiger partial charge in [0.2, 0.25) is 21.8 Å². The highest BCUT2D eigenvalue weighted by atomic mass is 32.2. The van der Waals surface area contributed by atoms with Crippen molar-refractivity contribution in [3.63, 3.8) is 0 Å². The zero-order valence-electron chi connectivity index (χ0n) is 22.8. The molecule has 0 radical (unpaired) electrons. The number of benzene rings is 2. The van der Waals surface area contributed by atoms with Gasteiger partial charge in [-0.05, 0) is 55.9 Å². The van der Waals surface area contributed by atoms with Crippen molar-refractivity contribution < 1.29 is 18.0 Å². The summed E-state index contributed by atoms with van der Waals surface area (Å²) < 4.78 is 26.6. The van der Waals surface area contributed by atoms with Crippen molar-refractivity contribution in [2.75, 3.05) is 17.1 Å². The summed E-state index contributed by atoms with van der Waals surface area (Å²) >= 11 is 0. The number of anilines is 1. The minimum absolute atomic E-state index is 0.0373. The maximum Gasteiger partial charge on any atom is 0.244 e. The van der Waals surface area contributed by atoms with Crippen molar-refractivity contribution in [1.29, 1.82) is 0 Å². The van der Waals surface area contributed by atoms with Gasteiger partial charge in [-0.3, -0.25) is 13.9 Å². The van der Waals surface area contributed by atoms with Gasteiger partial charge in [0.1, 0.15) is 12.6 Å². The average molecular weight is 516 g/mol. The smallest absolute Gasteiger partial charge is 0.244 e. The van der Waals surface area contributed by atoms with Crippen LogP contribution in [-0.4, -0.2) is 50.0 Å². The second kappa shape index (κ2) is 11.9. The number of amides is 2. The van der Waals surface area contributed by atoms with Crippen LogP contribution in [0, 0.1) is 6.92 Å². The number of aryl methyl sites for hydroxylation is 1. The molecule has 2 atom stereocenters. The Kier molecular flexibility index (Phi) is 9.71. The first kappa shape index (κ1) is 29.4. The van der Waals surface area contributed by atoms with E-state index >= 15 is 0 Å². The summed E-state index contributed by atoms with van der Waals surface area (Å²) in [6.07, 6.45) is 1.85. The van der Waals surface area contributed by atoms with E-state index in [1.807, 2.05) is 57.2 Å². The Hall–Kier alpha value is -2.87. The molecule has 198 valence electrons. The standard InChI is InChI=1S/C28H41N3O4S/c1-9-21(3)29-27(33)22(4)30(18-23-12-10-11-20(2)17-23)26(32)19-31(36(8,34)35)25-15-13-24(14-16-25)28(5,6)7/h10-17,21-22H,9,18-19H2,1-8H3,(H,29,33)/t21-,22-/m1/s1. The van der Waals surface area contributed by atoms with Gasteiger partial charge in [0.05, 0.1) is 11.9 Å². The minimum atomic E-state index is -3.76. The highest BCUT2D eigenvalue weighted by Crippen LogP contribution is 2.26. The molecule has 0 heterocycles. The van der Waals surface area contributed by atoms with Crippen LogP contribution in [0.15, 0.2) is 48.5 Å². The molecule has 0 aliphatic heterocycles. The van der Waals surface area contributed by atoms with E-state index in [-0.39, 0.29) is 23.9 Å². The monoisotopic (exact) mass is 515 g/mol. The van der Waals surface area contributed by atoms with Gasteiger partial charge in [-0.1, -0.05) is 69.7 Å². The van der Waals surface area contributed by atoms with Crippen molar-refractivity contribution >= 4 is 27.5 Å². The Labute approximate surface area is 216 Å². The van der Waals surface area contributed by atoms with E-state index in [2.05, 4.69) is 26.1 Å². The van der Waals surface area contributed by atoms with E-state index < -0.39 is 28.5 Å².